The van der Waals surface area contributed by atoms with Crippen LogP contribution >= 0.6 is 0 Å². The first-order valence-corrected chi connectivity index (χ1v) is 5.93. The van der Waals surface area contributed by atoms with E-state index in [1.165, 1.54) is 0 Å². The van der Waals surface area contributed by atoms with Crippen LogP contribution in [0.3, 0.4) is 0 Å². The molecule has 100 valence electrons. The normalized spacial score (nSPS) is 10.5. The molecule has 19 heavy (non-hydrogen) atoms. The first-order valence-electron chi connectivity index (χ1n) is 5.93. The third-order valence-corrected chi connectivity index (χ3v) is 2.20. The molecule has 1 heterocycles. The molecule has 0 aliphatic rings. The average Bonchev–Trinajstić information content (AvgIpc) is 2.78. The van der Waals surface area contributed by atoms with E-state index in [1.54, 1.807) is 31.2 Å². The van der Waals surface area contributed by atoms with E-state index in [9.17, 15) is 4.79 Å². The van der Waals surface area contributed by atoms with Gasteiger partial charge in [0.25, 0.3) is 0 Å². The smallest absolute Gasteiger partial charge is 0.313 e. The first kappa shape index (κ1) is 13.1. The maximum absolute atomic E-state index is 11.8. The van der Waals surface area contributed by atoms with Gasteiger partial charge in [0.2, 0.25) is 5.89 Å². The first-order chi connectivity index (χ1) is 9.04. The lowest BCUT2D eigenvalue weighted by Gasteiger charge is -2.10. The average molecular weight is 261 g/mol. The lowest BCUT2D eigenvalue weighted by Crippen LogP contribution is -2.12. The standard InChI is InChI=1S/C13H15N3O3/c1-8(2)18-11-6-4-10(5-7-11)14-12(17)13-16-15-9(3)19-13/h4-8H,1-3H3,(H,14,17). The van der Waals surface area contributed by atoms with Crippen molar-refractivity contribution in [3.8, 4) is 5.75 Å². The Bertz CT molecular complexity index is 561. The van der Waals surface area contributed by atoms with Gasteiger partial charge in [-0.05, 0) is 38.1 Å². The summed E-state index contributed by atoms with van der Waals surface area (Å²) in [5, 5.41) is 9.91. The highest BCUT2D eigenvalue weighted by molar-refractivity contribution is 6.00. The van der Waals surface area contributed by atoms with Gasteiger partial charge in [-0.3, -0.25) is 4.79 Å². The fourth-order valence-electron chi connectivity index (χ4n) is 1.46. The summed E-state index contributed by atoms with van der Waals surface area (Å²) in [7, 11) is 0. The summed E-state index contributed by atoms with van der Waals surface area (Å²) in [4.78, 5) is 11.8. The minimum absolute atomic E-state index is 0.0555. The number of benzene rings is 1. The monoisotopic (exact) mass is 261 g/mol. The van der Waals surface area contributed by atoms with Crippen LogP contribution in [0.4, 0.5) is 5.69 Å². The third kappa shape index (κ3) is 3.54. The molecular formula is C13H15N3O3. The van der Waals surface area contributed by atoms with Gasteiger partial charge in [0.15, 0.2) is 0 Å². The van der Waals surface area contributed by atoms with E-state index in [-0.39, 0.29) is 12.0 Å². The summed E-state index contributed by atoms with van der Waals surface area (Å²) in [5.74, 6) is 0.616. The molecule has 1 aromatic carbocycles. The minimum atomic E-state index is -0.432. The van der Waals surface area contributed by atoms with E-state index >= 15 is 0 Å². The predicted molar refractivity (Wildman–Crippen MR) is 69.2 cm³/mol. The number of anilines is 1. The third-order valence-electron chi connectivity index (χ3n) is 2.20. The number of hydrogen-bond donors (Lipinski definition) is 1. The molecule has 0 saturated heterocycles. The molecule has 0 bridgehead atoms. The maximum atomic E-state index is 11.8. The van der Waals surface area contributed by atoms with Gasteiger partial charge < -0.3 is 14.5 Å². The second kappa shape index (κ2) is 5.51. The lowest BCUT2D eigenvalue weighted by molar-refractivity contribution is 0.0989. The molecule has 1 amide bonds. The Morgan fingerprint density at radius 3 is 2.47 bits per heavy atom. The number of aromatic nitrogens is 2. The lowest BCUT2D eigenvalue weighted by atomic mass is 10.3. The van der Waals surface area contributed by atoms with E-state index in [1.807, 2.05) is 13.8 Å². The van der Waals surface area contributed by atoms with Gasteiger partial charge in [-0.2, -0.15) is 0 Å². The fourth-order valence-corrected chi connectivity index (χ4v) is 1.46. The zero-order valence-electron chi connectivity index (χ0n) is 11.0. The molecule has 1 aromatic heterocycles. The molecule has 0 aliphatic heterocycles. The van der Waals surface area contributed by atoms with Gasteiger partial charge >= 0.3 is 11.8 Å². The van der Waals surface area contributed by atoms with Crippen molar-refractivity contribution in [3.05, 3.63) is 36.0 Å². The molecule has 6 nitrogen and oxygen atoms in total. The van der Waals surface area contributed by atoms with E-state index in [2.05, 4.69) is 15.5 Å². The summed E-state index contributed by atoms with van der Waals surface area (Å²) in [6.07, 6.45) is 0.113. The van der Waals surface area contributed by atoms with Crippen LogP contribution in [0.1, 0.15) is 30.4 Å². The van der Waals surface area contributed by atoms with E-state index < -0.39 is 5.91 Å². The Balaban J connectivity index is 2.01. The molecular weight excluding hydrogens is 246 g/mol. The number of amides is 1. The van der Waals surface area contributed by atoms with Crippen LogP contribution in [0.15, 0.2) is 28.7 Å². The number of nitrogens with one attached hydrogen (secondary N) is 1. The quantitative estimate of drug-likeness (QED) is 0.914. The van der Waals surface area contributed by atoms with Crippen molar-refractivity contribution in [2.45, 2.75) is 26.9 Å². The van der Waals surface area contributed by atoms with Crippen LogP contribution in [-0.2, 0) is 0 Å². The number of carbonyl (C=O) groups excluding carboxylic acids is 1. The highest BCUT2D eigenvalue weighted by atomic mass is 16.5. The second-order valence-corrected chi connectivity index (χ2v) is 4.27. The van der Waals surface area contributed by atoms with Gasteiger partial charge in [0, 0.05) is 12.6 Å². The molecule has 0 unspecified atom stereocenters. The van der Waals surface area contributed by atoms with Gasteiger partial charge in [-0.1, -0.05) is 0 Å². The number of aryl methyl sites for hydroxylation is 1. The molecule has 1 N–H and O–H groups in total. The van der Waals surface area contributed by atoms with Crippen LogP contribution in [0.5, 0.6) is 5.75 Å². The Morgan fingerprint density at radius 1 is 1.26 bits per heavy atom. The van der Waals surface area contributed by atoms with Crippen LogP contribution in [0.25, 0.3) is 0 Å². The molecule has 0 radical (unpaired) electrons. The molecule has 0 spiro atoms. The van der Waals surface area contributed by atoms with Gasteiger partial charge in [-0.15, -0.1) is 10.2 Å². The zero-order valence-corrected chi connectivity index (χ0v) is 11.0. The molecule has 0 atom stereocenters. The number of carbonyl (C=O) groups is 1. The summed E-state index contributed by atoms with van der Waals surface area (Å²) in [6, 6.07) is 7.07. The molecule has 0 saturated carbocycles. The van der Waals surface area contributed by atoms with Crippen LogP contribution in [0.2, 0.25) is 0 Å². The highest BCUT2D eigenvalue weighted by Crippen LogP contribution is 2.17. The van der Waals surface area contributed by atoms with Gasteiger partial charge in [0.1, 0.15) is 5.75 Å². The summed E-state index contributed by atoms with van der Waals surface area (Å²) >= 11 is 0. The summed E-state index contributed by atoms with van der Waals surface area (Å²) < 4.78 is 10.5. The second-order valence-electron chi connectivity index (χ2n) is 4.27. The summed E-state index contributed by atoms with van der Waals surface area (Å²) in [5.41, 5.74) is 0.636. The molecule has 6 heteroatoms. The number of nitrogens with zero attached hydrogens (tertiary/aromatic N) is 2. The largest absolute Gasteiger partial charge is 0.491 e. The van der Waals surface area contributed by atoms with Crippen molar-refractivity contribution in [2.75, 3.05) is 5.32 Å². The zero-order chi connectivity index (χ0) is 13.8. The van der Waals surface area contributed by atoms with Crippen molar-refractivity contribution in [2.24, 2.45) is 0 Å². The Morgan fingerprint density at radius 2 is 1.95 bits per heavy atom. The van der Waals surface area contributed by atoms with Crippen molar-refractivity contribution in [1.29, 1.82) is 0 Å². The molecule has 2 aromatic rings. The Labute approximate surface area is 110 Å². The summed E-state index contributed by atoms with van der Waals surface area (Å²) in [6.45, 7) is 5.53. The number of ether oxygens (including phenoxy) is 1. The molecule has 0 fully saturated rings. The van der Waals surface area contributed by atoms with E-state index in [0.717, 1.165) is 5.75 Å². The minimum Gasteiger partial charge on any atom is -0.491 e. The SMILES string of the molecule is Cc1nnc(C(=O)Nc2ccc(OC(C)C)cc2)o1. The van der Waals surface area contributed by atoms with Crippen LogP contribution < -0.4 is 10.1 Å². The van der Waals surface area contributed by atoms with Gasteiger partial charge in [0.05, 0.1) is 6.10 Å². The predicted octanol–water partition coefficient (Wildman–Crippen LogP) is 2.42. The van der Waals surface area contributed by atoms with E-state index in [4.69, 9.17) is 9.15 Å². The molecule has 2 rings (SSSR count). The maximum Gasteiger partial charge on any atom is 0.313 e. The van der Waals surface area contributed by atoms with Crippen LogP contribution in [0, 0.1) is 6.92 Å². The topological polar surface area (TPSA) is 77.2 Å². The Hall–Kier alpha value is -2.37. The van der Waals surface area contributed by atoms with Crippen molar-refractivity contribution in [3.63, 3.8) is 0 Å². The fraction of sp³-hybridized carbons (Fsp3) is 0.308. The number of rotatable bonds is 4. The van der Waals surface area contributed by atoms with Crippen molar-refractivity contribution < 1.29 is 13.9 Å². The number of hydrogen-bond acceptors (Lipinski definition) is 5. The highest BCUT2D eigenvalue weighted by Gasteiger charge is 2.13. The van der Waals surface area contributed by atoms with Crippen LogP contribution in [-0.4, -0.2) is 22.2 Å². The Kier molecular flexibility index (Phi) is 3.79. The molecule has 0 aliphatic carbocycles. The van der Waals surface area contributed by atoms with Crippen molar-refractivity contribution >= 4 is 11.6 Å². The van der Waals surface area contributed by atoms with Gasteiger partial charge in [-0.25, -0.2) is 0 Å². The van der Waals surface area contributed by atoms with Crippen molar-refractivity contribution in [1.82, 2.24) is 10.2 Å². The van der Waals surface area contributed by atoms with E-state index in [0.29, 0.717) is 11.6 Å².